The third-order valence-electron chi connectivity index (χ3n) is 4.95. The Balaban J connectivity index is 1.43. The van der Waals surface area contributed by atoms with Gasteiger partial charge in [-0.3, -0.25) is 20.2 Å². The number of aryl methyl sites for hydroxylation is 1. The Bertz CT molecular complexity index is 1220. The Morgan fingerprint density at radius 2 is 1.94 bits per heavy atom. The van der Waals surface area contributed by atoms with Crippen molar-refractivity contribution < 1.29 is 28.7 Å². The molecule has 0 radical (unpaired) electrons. The first-order valence-corrected chi connectivity index (χ1v) is 10.9. The van der Waals surface area contributed by atoms with Crippen LogP contribution in [0.3, 0.4) is 0 Å². The maximum Gasteiger partial charge on any atom is 0.346 e. The zero-order valence-electron chi connectivity index (χ0n) is 17.7. The highest BCUT2D eigenvalue weighted by molar-refractivity contribution is 7.14. The van der Waals surface area contributed by atoms with Gasteiger partial charge in [-0.1, -0.05) is 31.2 Å². The maximum absolute atomic E-state index is 12.6. The SMILES string of the molecule is CCc1ccc(-c2csc(NC(=O)C(C)OC(=O)c3cc4c(cc3[N+](=O)[O-])OCO4)n2)cc1. The molecule has 1 aliphatic rings. The molecule has 1 amide bonds. The first-order chi connectivity index (χ1) is 15.9. The monoisotopic (exact) mass is 469 g/mol. The number of nitro groups is 1. The van der Waals surface area contributed by atoms with E-state index >= 15 is 0 Å². The summed E-state index contributed by atoms with van der Waals surface area (Å²) in [5.41, 5.74) is 1.99. The van der Waals surface area contributed by atoms with E-state index in [1.165, 1.54) is 29.9 Å². The van der Waals surface area contributed by atoms with Crippen LogP contribution in [0, 0.1) is 10.1 Å². The van der Waals surface area contributed by atoms with Crippen LogP contribution in [0.15, 0.2) is 41.8 Å². The van der Waals surface area contributed by atoms with E-state index in [2.05, 4.69) is 17.2 Å². The maximum atomic E-state index is 12.6. The number of esters is 1. The van der Waals surface area contributed by atoms with Gasteiger partial charge in [0.25, 0.3) is 11.6 Å². The van der Waals surface area contributed by atoms with Crippen molar-refractivity contribution in [3.05, 3.63) is 63.0 Å². The largest absolute Gasteiger partial charge is 0.454 e. The standard InChI is InChI=1S/C22H19N3O7S/c1-3-13-4-6-14(7-5-13)16-10-33-22(23-16)24-20(26)12(2)32-21(27)15-8-18-19(31-11-30-18)9-17(15)25(28)29/h4-10,12H,3,11H2,1-2H3,(H,23,24,26). The van der Waals surface area contributed by atoms with E-state index < -0.39 is 28.6 Å². The van der Waals surface area contributed by atoms with Crippen molar-refractivity contribution in [2.45, 2.75) is 26.4 Å². The number of nitrogens with one attached hydrogen (secondary N) is 1. The molecular formula is C22H19N3O7S. The molecular weight excluding hydrogens is 450 g/mol. The molecule has 1 atom stereocenters. The highest BCUT2D eigenvalue weighted by atomic mass is 32.1. The molecule has 170 valence electrons. The van der Waals surface area contributed by atoms with E-state index in [1.807, 2.05) is 29.6 Å². The Morgan fingerprint density at radius 3 is 2.61 bits per heavy atom. The molecule has 0 spiro atoms. The second-order valence-electron chi connectivity index (χ2n) is 7.10. The Morgan fingerprint density at radius 1 is 1.24 bits per heavy atom. The number of amides is 1. The average Bonchev–Trinajstić information content (AvgIpc) is 3.47. The lowest BCUT2D eigenvalue weighted by Crippen LogP contribution is -2.30. The number of carbonyl (C=O) groups is 2. The van der Waals surface area contributed by atoms with Crippen LogP contribution in [-0.2, 0) is 16.0 Å². The van der Waals surface area contributed by atoms with Crippen LogP contribution in [0.25, 0.3) is 11.3 Å². The number of aromatic nitrogens is 1. The minimum Gasteiger partial charge on any atom is -0.454 e. The van der Waals surface area contributed by atoms with Crippen LogP contribution in [0.4, 0.5) is 10.8 Å². The topological polar surface area (TPSA) is 130 Å². The molecule has 0 saturated carbocycles. The summed E-state index contributed by atoms with van der Waals surface area (Å²) in [4.78, 5) is 40.1. The summed E-state index contributed by atoms with van der Waals surface area (Å²) < 4.78 is 15.4. The second kappa shape index (κ2) is 9.25. The molecule has 1 aliphatic heterocycles. The summed E-state index contributed by atoms with van der Waals surface area (Å²) in [5, 5.41) is 16.1. The highest BCUT2D eigenvalue weighted by Crippen LogP contribution is 2.38. The number of nitrogens with zero attached hydrogens (tertiary/aromatic N) is 2. The van der Waals surface area contributed by atoms with E-state index in [-0.39, 0.29) is 23.9 Å². The Kier molecular flexibility index (Phi) is 6.22. The summed E-state index contributed by atoms with van der Waals surface area (Å²) in [6.07, 6.45) is -0.288. The minimum atomic E-state index is -1.22. The lowest BCUT2D eigenvalue weighted by molar-refractivity contribution is -0.385. The fraction of sp³-hybridized carbons (Fsp3) is 0.227. The second-order valence-corrected chi connectivity index (χ2v) is 7.96. The zero-order chi connectivity index (χ0) is 23.5. The molecule has 2 heterocycles. The van der Waals surface area contributed by atoms with Gasteiger partial charge in [-0.25, -0.2) is 9.78 Å². The van der Waals surface area contributed by atoms with E-state index in [1.54, 1.807) is 0 Å². The third-order valence-corrected chi connectivity index (χ3v) is 5.71. The molecule has 0 aliphatic carbocycles. The molecule has 1 N–H and O–H groups in total. The first-order valence-electron chi connectivity index (χ1n) is 10.0. The fourth-order valence-electron chi connectivity index (χ4n) is 3.11. The number of carbonyl (C=O) groups excluding carboxylic acids is 2. The van der Waals surface area contributed by atoms with Crippen molar-refractivity contribution in [2.24, 2.45) is 0 Å². The molecule has 33 heavy (non-hydrogen) atoms. The molecule has 0 bridgehead atoms. The van der Waals surface area contributed by atoms with Crippen LogP contribution < -0.4 is 14.8 Å². The number of benzene rings is 2. The lowest BCUT2D eigenvalue weighted by atomic mass is 10.1. The van der Waals surface area contributed by atoms with Gasteiger partial charge in [0.2, 0.25) is 6.79 Å². The lowest BCUT2D eigenvalue weighted by Gasteiger charge is -2.12. The minimum absolute atomic E-state index is 0.109. The zero-order valence-corrected chi connectivity index (χ0v) is 18.5. The summed E-state index contributed by atoms with van der Waals surface area (Å²) in [5.74, 6) is -1.30. The van der Waals surface area contributed by atoms with Gasteiger partial charge in [0, 0.05) is 17.0 Å². The summed E-state index contributed by atoms with van der Waals surface area (Å²) in [7, 11) is 0. The highest BCUT2D eigenvalue weighted by Gasteiger charge is 2.30. The van der Waals surface area contributed by atoms with Gasteiger partial charge in [0.05, 0.1) is 16.7 Å². The van der Waals surface area contributed by atoms with E-state index in [0.717, 1.165) is 18.1 Å². The molecule has 2 aromatic carbocycles. The molecule has 1 aromatic heterocycles. The smallest absolute Gasteiger partial charge is 0.346 e. The molecule has 0 fully saturated rings. The van der Waals surface area contributed by atoms with Crippen molar-refractivity contribution >= 4 is 34.0 Å². The first kappa shape index (κ1) is 22.2. The Hall–Kier alpha value is -3.99. The fourth-order valence-corrected chi connectivity index (χ4v) is 3.83. The molecule has 10 nitrogen and oxygen atoms in total. The van der Waals surface area contributed by atoms with Crippen molar-refractivity contribution in [3.63, 3.8) is 0 Å². The van der Waals surface area contributed by atoms with E-state index in [9.17, 15) is 19.7 Å². The van der Waals surface area contributed by atoms with Gasteiger partial charge in [0.1, 0.15) is 5.56 Å². The third kappa shape index (κ3) is 4.77. The predicted octanol–water partition coefficient (Wildman–Crippen LogP) is 4.19. The van der Waals surface area contributed by atoms with Crippen molar-refractivity contribution in [1.29, 1.82) is 0 Å². The predicted molar refractivity (Wildman–Crippen MR) is 120 cm³/mol. The van der Waals surface area contributed by atoms with Crippen molar-refractivity contribution in [2.75, 3.05) is 12.1 Å². The van der Waals surface area contributed by atoms with Gasteiger partial charge in [0.15, 0.2) is 22.7 Å². The number of hydrogen-bond acceptors (Lipinski definition) is 9. The van der Waals surface area contributed by atoms with Crippen LogP contribution in [0.5, 0.6) is 11.5 Å². The Labute approximate surface area is 192 Å². The molecule has 1 unspecified atom stereocenters. The molecule has 3 aromatic rings. The van der Waals surface area contributed by atoms with Gasteiger partial charge < -0.3 is 14.2 Å². The molecule has 4 rings (SSSR count). The van der Waals surface area contributed by atoms with Gasteiger partial charge in [-0.2, -0.15) is 0 Å². The number of rotatable bonds is 7. The number of thiazole rings is 1. The summed E-state index contributed by atoms with van der Waals surface area (Å²) >= 11 is 1.23. The van der Waals surface area contributed by atoms with Crippen molar-refractivity contribution in [3.8, 4) is 22.8 Å². The normalized spacial score (nSPS) is 12.8. The summed E-state index contributed by atoms with van der Waals surface area (Å²) in [6.45, 7) is 3.33. The van der Waals surface area contributed by atoms with Gasteiger partial charge in [-0.15, -0.1) is 11.3 Å². The van der Waals surface area contributed by atoms with Crippen molar-refractivity contribution in [1.82, 2.24) is 4.98 Å². The number of nitro benzene ring substituents is 1. The number of hydrogen-bond donors (Lipinski definition) is 1. The number of anilines is 1. The van der Waals surface area contributed by atoms with Crippen LogP contribution in [0.1, 0.15) is 29.8 Å². The van der Waals surface area contributed by atoms with E-state index in [0.29, 0.717) is 10.8 Å². The van der Waals surface area contributed by atoms with Crippen LogP contribution in [0.2, 0.25) is 0 Å². The number of fused-ring (bicyclic) bond motifs is 1. The summed E-state index contributed by atoms with van der Waals surface area (Å²) in [6, 6.07) is 10.2. The van der Waals surface area contributed by atoms with E-state index in [4.69, 9.17) is 14.2 Å². The van der Waals surface area contributed by atoms with Crippen LogP contribution >= 0.6 is 11.3 Å². The van der Waals surface area contributed by atoms with Crippen LogP contribution in [-0.4, -0.2) is 34.7 Å². The van der Waals surface area contributed by atoms with Gasteiger partial charge >= 0.3 is 5.97 Å². The molecule has 11 heteroatoms. The number of ether oxygens (including phenoxy) is 3. The van der Waals surface area contributed by atoms with Gasteiger partial charge in [-0.05, 0) is 18.9 Å². The average molecular weight is 469 g/mol. The quantitative estimate of drug-likeness (QED) is 0.310. The molecule has 0 saturated heterocycles.